The predicted molar refractivity (Wildman–Crippen MR) is 79.4 cm³/mol. The van der Waals surface area contributed by atoms with Gasteiger partial charge >= 0.3 is 5.97 Å². The van der Waals surface area contributed by atoms with Crippen molar-refractivity contribution in [2.45, 2.75) is 25.2 Å². The number of hydrogen-bond acceptors (Lipinski definition) is 3. The highest BCUT2D eigenvalue weighted by Crippen LogP contribution is 2.36. The van der Waals surface area contributed by atoms with E-state index in [0.29, 0.717) is 13.0 Å². The Morgan fingerprint density at radius 1 is 1.24 bits per heavy atom. The summed E-state index contributed by atoms with van der Waals surface area (Å²) in [5.74, 6) is -1.18. The van der Waals surface area contributed by atoms with Gasteiger partial charge in [-0.2, -0.15) is 0 Å². The lowest BCUT2D eigenvalue weighted by Crippen LogP contribution is -2.46. The molecule has 5 heteroatoms. The van der Waals surface area contributed by atoms with Gasteiger partial charge in [0.1, 0.15) is 0 Å². The Morgan fingerprint density at radius 3 is 2.76 bits per heavy atom. The minimum absolute atomic E-state index is 0.00758. The van der Waals surface area contributed by atoms with Gasteiger partial charge in [-0.1, -0.05) is 18.2 Å². The van der Waals surface area contributed by atoms with E-state index in [4.69, 9.17) is 0 Å². The number of amides is 1. The first-order valence-corrected chi connectivity index (χ1v) is 7.52. The molecule has 1 amide bonds. The van der Waals surface area contributed by atoms with Gasteiger partial charge < -0.3 is 15.3 Å². The number of carbonyl (C=O) groups excluding carboxylic acids is 1. The Bertz CT molecular complexity index is 552. The van der Waals surface area contributed by atoms with Gasteiger partial charge in [-0.3, -0.25) is 9.59 Å². The van der Waals surface area contributed by atoms with Crippen LogP contribution in [-0.4, -0.2) is 36.6 Å². The van der Waals surface area contributed by atoms with Gasteiger partial charge in [-0.15, -0.1) is 0 Å². The number of fused-ring (bicyclic) bond motifs is 1. The van der Waals surface area contributed by atoms with Crippen molar-refractivity contribution in [2.24, 2.45) is 5.92 Å². The fourth-order valence-electron chi connectivity index (χ4n) is 3.33. The summed E-state index contributed by atoms with van der Waals surface area (Å²) >= 11 is 0. The predicted octanol–water partition coefficient (Wildman–Crippen LogP) is 1.59. The summed E-state index contributed by atoms with van der Waals surface area (Å²) in [5, 5.41) is 12.6. The topological polar surface area (TPSA) is 69.6 Å². The number of carboxylic acids is 1. The molecule has 0 bridgehead atoms. The molecule has 0 aromatic heterocycles. The molecule has 1 aromatic carbocycles. The second-order valence-electron chi connectivity index (χ2n) is 5.77. The maximum absolute atomic E-state index is 12.7. The van der Waals surface area contributed by atoms with Crippen molar-refractivity contribution < 1.29 is 14.7 Å². The normalized spacial score (nSPS) is 25.2. The molecular weight excluding hydrogens is 268 g/mol. The lowest BCUT2D eigenvalue weighted by atomic mass is 9.88. The molecule has 0 aliphatic carbocycles. The highest BCUT2D eigenvalue weighted by Gasteiger charge is 2.35. The fourth-order valence-corrected chi connectivity index (χ4v) is 3.33. The van der Waals surface area contributed by atoms with E-state index in [1.807, 2.05) is 24.3 Å². The highest BCUT2D eigenvalue weighted by molar-refractivity contribution is 5.98. The SMILES string of the molecule is O=C(O)C1CCN(C(=O)[C@@H]2CCCNC2)c2ccccc21. The molecule has 1 aromatic rings. The second-order valence-corrected chi connectivity index (χ2v) is 5.77. The summed E-state index contributed by atoms with van der Waals surface area (Å²) in [6.07, 6.45) is 2.41. The van der Waals surface area contributed by atoms with Gasteiger partial charge in [0.15, 0.2) is 0 Å². The van der Waals surface area contributed by atoms with Crippen LogP contribution in [0.2, 0.25) is 0 Å². The van der Waals surface area contributed by atoms with Gasteiger partial charge in [-0.25, -0.2) is 0 Å². The van der Waals surface area contributed by atoms with Crippen LogP contribution < -0.4 is 10.2 Å². The summed E-state index contributed by atoms with van der Waals surface area (Å²) in [6.45, 7) is 2.19. The average molecular weight is 288 g/mol. The van der Waals surface area contributed by atoms with Crippen molar-refractivity contribution >= 4 is 17.6 Å². The maximum atomic E-state index is 12.7. The number of rotatable bonds is 2. The van der Waals surface area contributed by atoms with Crippen molar-refractivity contribution in [1.82, 2.24) is 5.32 Å². The van der Waals surface area contributed by atoms with Crippen LogP contribution in [0, 0.1) is 5.92 Å². The van der Waals surface area contributed by atoms with Crippen LogP contribution in [0.25, 0.3) is 0 Å². The monoisotopic (exact) mass is 288 g/mol. The molecule has 1 saturated heterocycles. The molecule has 2 N–H and O–H groups in total. The zero-order valence-electron chi connectivity index (χ0n) is 11.9. The largest absolute Gasteiger partial charge is 0.481 e. The van der Waals surface area contributed by atoms with Gasteiger partial charge in [0, 0.05) is 18.8 Å². The van der Waals surface area contributed by atoms with Crippen LogP contribution in [0.5, 0.6) is 0 Å². The third kappa shape index (κ3) is 2.65. The first-order valence-electron chi connectivity index (χ1n) is 7.52. The Morgan fingerprint density at radius 2 is 2.05 bits per heavy atom. The molecular formula is C16H20N2O3. The molecule has 0 saturated carbocycles. The number of nitrogens with zero attached hydrogens (tertiary/aromatic N) is 1. The van der Waals surface area contributed by atoms with Crippen molar-refractivity contribution in [2.75, 3.05) is 24.5 Å². The summed E-state index contributed by atoms with van der Waals surface area (Å²) in [4.78, 5) is 25.9. The molecule has 0 radical (unpaired) electrons. The van der Waals surface area contributed by atoms with Crippen molar-refractivity contribution in [1.29, 1.82) is 0 Å². The molecule has 1 fully saturated rings. The minimum atomic E-state index is -0.811. The van der Waals surface area contributed by atoms with Crippen molar-refractivity contribution in [3.05, 3.63) is 29.8 Å². The Kier molecular flexibility index (Phi) is 3.92. The summed E-state index contributed by atoms with van der Waals surface area (Å²) in [6, 6.07) is 7.39. The zero-order valence-corrected chi connectivity index (χ0v) is 11.9. The third-order valence-corrected chi connectivity index (χ3v) is 4.45. The average Bonchev–Trinajstić information content (AvgIpc) is 2.54. The third-order valence-electron chi connectivity index (χ3n) is 4.45. The first kappa shape index (κ1) is 14.1. The van der Waals surface area contributed by atoms with Crippen molar-refractivity contribution in [3.8, 4) is 0 Å². The standard InChI is InChI=1S/C16H20N2O3/c19-15(11-4-3-8-17-10-11)18-9-7-13(16(20)21)12-5-1-2-6-14(12)18/h1-2,5-6,11,13,17H,3-4,7-10H2,(H,20,21)/t11-,13?/m1/s1. The number of anilines is 1. The van der Waals surface area contributed by atoms with Crippen molar-refractivity contribution in [3.63, 3.8) is 0 Å². The molecule has 2 aliphatic rings. The molecule has 112 valence electrons. The number of para-hydroxylation sites is 1. The smallest absolute Gasteiger partial charge is 0.311 e. The van der Waals surface area contributed by atoms with Crippen LogP contribution in [0.4, 0.5) is 5.69 Å². The highest BCUT2D eigenvalue weighted by atomic mass is 16.4. The number of piperidine rings is 1. The lowest BCUT2D eigenvalue weighted by molar-refractivity contribution is -0.139. The Balaban J connectivity index is 1.88. The number of aliphatic carboxylic acids is 1. The molecule has 2 heterocycles. The lowest BCUT2D eigenvalue weighted by Gasteiger charge is -2.35. The van der Waals surface area contributed by atoms with E-state index in [9.17, 15) is 14.7 Å². The number of carboxylic acid groups (broad SMARTS) is 1. The number of carbonyl (C=O) groups is 2. The van der Waals surface area contributed by atoms with E-state index in [2.05, 4.69) is 5.32 Å². The van der Waals surface area contributed by atoms with Gasteiger partial charge in [0.25, 0.3) is 0 Å². The fraction of sp³-hybridized carbons (Fsp3) is 0.500. The second kappa shape index (κ2) is 5.85. The summed E-state index contributed by atoms with van der Waals surface area (Å²) in [7, 11) is 0. The molecule has 0 spiro atoms. The molecule has 5 nitrogen and oxygen atoms in total. The van der Waals surface area contributed by atoms with E-state index < -0.39 is 11.9 Å². The molecule has 1 unspecified atom stereocenters. The van der Waals surface area contributed by atoms with E-state index in [1.165, 1.54) is 0 Å². The molecule has 3 rings (SSSR count). The van der Waals surface area contributed by atoms with E-state index >= 15 is 0 Å². The maximum Gasteiger partial charge on any atom is 0.311 e. The number of benzene rings is 1. The van der Waals surface area contributed by atoms with Gasteiger partial charge in [0.2, 0.25) is 5.91 Å². The van der Waals surface area contributed by atoms with Crippen LogP contribution >= 0.6 is 0 Å². The summed E-state index contributed by atoms with van der Waals surface area (Å²) in [5.41, 5.74) is 1.53. The van der Waals surface area contributed by atoms with E-state index in [0.717, 1.165) is 37.2 Å². The summed E-state index contributed by atoms with van der Waals surface area (Å²) < 4.78 is 0. The Labute approximate surface area is 123 Å². The number of nitrogens with one attached hydrogen (secondary N) is 1. The van der Waals surface area contributed by atoms with Gasteiger partial charge in [0.05, 0.1) is 11.8 Å². The number of hydrogen-bond donors (Lipinski definition) is 2. The van der Waals surface area contributed by atoms with Crippen LogP contribution in [0.15, 0.2) is 24.3 Å². The van der Waals surface area contributed by atoms with Crippen LogP contribution in [0.1, 0.15) is 30.7 Å². The molecule has 2 aliphatic heterocycles. The minimum Gasteiger partial charge on any atom is -0.481 e. The van der Waals surface area contributed by atoms with E-state index in [1.54, 1.807) is 4.90 Å². The molecule has 21 heavy (non-hydrogen) atoms. The Hall–Kier alpha value is -1.88. The van der Waals surface area contributed by atoms with Crippen LogP contribution in [0.3, 0.4) is 0 Å². The zero-order chi connectivity index (χ0) is 14.8. The quantitative estimate of drug-likeness (QED) is 0.867. The van der Waals surface area contributed by atoms with E-state index in [-0.39, 0.29) is 11.8 Å². The molecule has 2 atom stereocenters. The van der Waals surface area contributed by atoms with Crippen LogP contribution in [-0.2, 0) is 9.59 Å². The first-order chi connectivity index (χ1) is 10.2. The van der Waals surface area contributed by atoms with Gasteiger partial charge in [-0.05, 0) is 37.4 Å².